The highest BCUT2D eigenvalue weighted by molar-refractivity contribution is 5.76. The largest absolute Gasteiger partial charge is 0.383 e. The second kappa shape index (κ2) is 6.76. The van der Waals surface area contributed by atoms with E-state index in [9.17, 15) is 4.79 Å². The lowest BCUT2D eigenvalue weighted by Gasteiger charge is -2.30. The van der Waals surface area contributed by atoms with Gasteiger partial charge in [0.25, 0.3) is 0 Å². The maximum absolute atomic E-state index is 11.5. The molecule has 0 aromatic heterocycles. The highest BCUT2D eigenvalue weighted by Crippen LogP contribution is 2.00. The molecule has 1 aliphatic rings. The number of rotatable bonds is 5. The van der Waals surface area contributed by atoms with Gasteiger partial charge in [-0.15, -0.1) is 0 Å². The Kier molecular flexibility index (Phi) is 5.60. The zero-order valence-electron chi connectivity index (χ0n) is 9.58. The highest BCUT2D eigenvalue weighted by atomic mass is 16.5. The van der Waals surface area contributed by atoms with E-state index in [-0.39, 0.29) is 11.9 Å². The summed E-state index contributed by atoms with van der Waals surface area (Å²) in [7, 11) is 3.71. The van der Waals surface area contributed by atoms with Crippen LogP contribution in [0.4, 0.5) is 0 Å². The Bertz CT molecular complexity index is 199. The second-order valence-electron chi connectivity index (χ2n) is 3.96. The summed E-state index contributed by atoms with van der Waals surface area (Å²) in [6.45, 7) is 4.13. The third-order valence-electron chi connectivity index (χ3n) is 2.52. The summed E-state index contributed by atoms with van der Waals surface area (Å²) >= 11 is 0. The van der Waals surface area contributed by atoms with E-state index in [1.807, 2.05) is 0 Å². The normalized spacial score (nSPS) is 22.7. The fourth-order valence-electron chi connectivity index (χ4n) is 1.72. The van der Waals surface area contributed by atoms with Crippen molar-refractivity contribution in [2.45, 2.75) is 12.5 Å². The number of amides is 1. The molecule has 5 heteroatoms. The van der Waals surface area contributed by atoms with E-state index >= 15 is 0 Å². The third-order valence-corrected chi connectivity index (χ3v) is 2.52. The van der Waals surface area contributed by atoms with E-state index in [2.05, 4.69) is 22.6 Å². The van der Waals surface area contributed by atoms with Gasteiger partial charge in [0.1, 0.15) is 0 Å². The first-order valence-corrected chi connectivity index (χ1v) is 5.40. The molecule has 0 aliphatic carbocycles. The van der Waals surface area contributed by atoms with Crippen LogP contribution < -0.4 is 10.6 Å². The molecule has 0 saturated carbocycles. The van der Waals surface area contributed by atoms with Crippen LogP contribution in [0.25, 0.3) is 0 Å². The molecular formula is C10H21N3O2. The van der Waals surface area contributed by atoms with Crippen LogP contribution >= 0.6 is 0 Å². The molecule has 1 unspecified atom stereocenters. The molecule has 0 spiro atoms. The van der Waals surface area contributed by atoms with Gasteiger partial charge in [-0.25, -0.2) is 0 Å². The van der Waals surface area contributed by atoms with Gasteiger partial charge in [0.05, 0.1) is 6.61 Å². The maximum atomic E-state index is 11.5. The van der Waals surface area contributed by atoms with Gasteiger partial charge in [-0.1, -0.05) is 0 Å². The smallest absolute Gasteiger partial charge is 0.221 e. The summed E-state index contributed by atoms with van der Waals surface area (Å²) in [4.78, 5) is 13.7. The Balaban J connectivity index is 2.13. The molecule has 0 aromatic rings. The first kappa shape index (κ1) is 12.4. The lowest BCUT2D eigenvalue weighted by atomic mass is 10.1. The summed E-state index contributed by atoms with van der Waals surface area (Å²) in [5.41, 5.74) is 0. The zero-order chi connectivity index (χ0) is 11.1. The number of carbonyl (C=O) groups is 1. The molecule has 1 saturated heterocycles. The Labute approximate surface area is 91.2 Å². The zero-order valence-corrected chi connectivity index (χ0v) is 9.58. The molecule has 1 atom stereocenters. The van der Waals surface area contributed by atoms with Crippen LogP contribution in [0.3, 0.4) is 0 Å². The van der Waals surface area contributed by atoms with E-state index in [1.165, 1.54) is 0 Å². The van der Waals surface area contributed by atoms with Crippen molar-refractivity contribution in [2.75, 3.05) is 46.9 Å². The van der Waals surface area contributed by atoms with Gasteiger partial charge in [-0.2, -0.15) is 0 Å². The molecular weight excluding hydrogens is 194 g/mol. The maximum Gasteiger partial charge on any atom is 0.221 e. The molecule has 1 aliphatic heterocycles. The average Bonchev–Trinajstić information content (AvgIpc) is 2.18. The van der Waals surface area contributed by atoms with Crippen molar-refractivity contribution in [2.24, 2.45) is 0 Å². The van der Waals surface area contributed by atoms with Gasteiger partial charge < -0.3 is 20.3 Å². The van der Waals surface area contributed by atoms with Gasteiger partial charge >= 0.3 is 0 Å². The van der Waals surface area contributed by atoms with Crippen molar-refractivity contribution in [1.29, 1.82) is 0 Å². The van der Waals surface area contributed by atoms with Crippen LogP contribution in [-0.2, 0) is 9.53 Å². The number of piperazine rings is 1. The van der Waals surface area contributed by atoms with Crippen LogP contribution in [0.1, 0.15) is 6.42 Å². The highest BCUT2D eigenvalue weighted by Gasteiger charge is 2.18. The van der Waals surface area contributed by atoms with Gasteiger partial charge in [0, 0.05) is 45.8 Å². The Morgan fingerprint density at radius 1 is 1.67 bits per heavy atom. The van der Waals surface area contributed by atoms with Gasteiger partial charge in [0.2, 0.25) is 5.91 Å². The van der Waals surface area contributed by atoms with Crippen LogP contribution in [0, 0.1) is 0 Å². The number of carbonyl (C=O) groups excluding carboxylic acids is 1. The standard InChI is InChI=1S/C10H21N3O2/c1-13-5-3-11-9(8-13)7-10(14)12-4-6-15-2/h9,11H,3-8H2,1-2H3,(H,12,14). The molecule has 1 rings (SSSR count). The summed E-state index contributed by atoms with van der Waals surface area (Å²) in [5, 5.41) is 6.16. The van der Waals surface area contributed by atoms with Gasteiger partial charge in [0.15, 0.2) is 0 Å². The van der Waals surface area contributed by atoms with E-state index in [0.717, 1.165) is 19.6 Å². The fourth-order valence-corrected chi connectivity index (χ4v) is 1.72. The van der Waals surface area contributed by atoms with E-state index in [1.54, 1.807) is 7.11 Å². The summed E-state index contributed by atoms with van der Waals surface area (Å²) in [6, 6.07) is 0.284. The molecule has 15 heavy (non-hydrogen) atoms. The van der Waals surface area contributed by atoms with Crippen LogP contribution in [-0.4, -0.2) is 63.8 Å². The minimum absolute atomic E-state index is 0.0971. The summed E-state index contributed by atoms with van der Waals surface area (Å²) in [6.07, 6.45) is 0.550. The van der Waals surface area contributed by atoms with Crippen molar-refractivity contribution >= 4 is 5.91 Å². The number of hydrogen-bond acceptors (Lipinski definition) is 4. The summed E-state index contributed by atoms with van der Waals surface area (Å²) in [5.74, 6) is 0.0971. The number of nitrogens with zero attached hydrogens (tertiary/aromatic N) is 1. The lowest BCUT2D eigenvalue weighted by Crippen LogP contribution is -2.50. The molecule has 88 valence electrons. The topological polar surface area (TPSA) is 53.6 Å². The van der Waals surface area contributed by atoms with Gasteiger partial charge in [-0.3, -0.25) is 4.79 Å². The third kappa shape index (κ3) is 5.11. The van der Waals surface area contributed by atoms with E-state index in [4.69, 9.17) is 4.74 Å². The number of ether oxygens (including phenoxy) is 1. The molecule has 0 aromatic carbocycles. The second-order valence-corrected chi connectivity index (χ2v) is 3.96. The van der Waals surface area contributed by atoms with Crippen molar-refractivity contribution in [3.63, 3.8) is 0 Å². The van der Waals surface area contributed by atoms with Crippen molar-refractivity contribution in [3.05, 3.63) is 0 Å². The van der Waals surface area contributed by atoms with E-state index in [0.29, 0.717) is 19.6 Å². The quantitative estimate of drug-likeness (QED) is 0.580. The summed E-state index contributed by atoms with van der Waals surface area (Å²) < 4.78 is 4.86. The lowest BCUT2D eigenvalue weighted by molar-refractivity contribution is -0.122. The van der Waals surface area contributed by atoms with E-state index < -0.39 is 0 Å². The fraction of sp³-hybridized carbons (Fsp3) is 0.900. The molecule has 0 bridgehead atoms. The van der Waals surface area contributed by atoms with Crippen molar-refractivity contribution in [1.82, 2.24) is 15.5 Å². The predicted octanol–water partition coefficient (Wildman–Crippen LogP) is -0.957. The number of nitrogens with one attached hydrogen (secondary N) is 2. The minimum Gasteiger partial charge on any atom is -0.383 e. The molecule has 2 N–H and O–H groups in total. The number of methoxy groups -OCH3 is 1. The number of hydrogen-bond donors (Lipinski definition) is 2. The Morgan fingerprint density at radius 3 is 3.13 bits per heavy atom. The van der Waals surface area contributed by atoms with Crippen molar-refractivity contribution in [3.8, 4) is 0 Å². The SMILES string of the molecule is COCCNC(=O)CC1CN(C)CCN1. The molecule has 5 nitrogen and oxygen atoms in total. The average molecular weight is 215 g/mol. The molecule has 1 fully saturated rings. The van der Waals surface area contributed by atoms with Crippen LogP contribution in [0.15, 0.2) is 0 Å². The minimum atomic E-state index is 0.0971. The molecule has 1 heterocycles. The number of likely N-dealkylation sites (N-methyl/N-ethyl adjacent to an activating group) is 1. The first-order valence-electron chi connectivity index (χ1n) is 5.40. The van der Waals surface area contributed by atoms with Crippen LogP contribution in [0.5, 0.6) is 0 Å². The molecule has 0 radical (unpaired) electrons. The van der Waals surface area contributed by atoms with Crippen molar-refractivity contribution < 1.29 is 9.53 Å². The monoisotopic (exact) mass is 215 g/mol. The first-order chi connectivity index (χ1) is 7.22. The Hall–Kier alpha value is -0.650. The predicted molar refractivity (Wildman–Crippen MR) is 58.8 cm³/mol. The molecule has 1 amide bonds. The van der Waals surface area contributed by atoms with Crippen LogP contribution in [0.2, 0.25) is 0 Å². The van der Waals surface area contributed by atoms with Gasteiger partial charge in [-0.05, 0) is 7.05 Å². The Morgan fingerprint density at radius 2 is 2.47 bits per heavy atom.